The Labute approximate surface area is 173 Å². The number of carbonyl (C=O) groups excluding carboxylic acids is 1. The Morgan fingerprint density at radius 3 is 2.59 bits per heavy atom. The molecule has 1 heterocycles. The minimum atomic E-state index is -1.28. The standard InChI is InChI=1S/C21H27ClFN3O3/c1-13(11-24)26-10-5-14-15(19(26)28)3-4-16(22)17(14)18(27)25-12-21(29)8-6-20(2,23)7-9-21/h3-5,10,13,29H,6-9,11-12,24H2,1-2H3,(H,25,27)/t13-,20?,21?/m1/s1. The summed E-state index contributed by atoms with van der Waals surface area (Å²) in [6.45, 7) is 3.67. The number of pyridine rings is 1. The van der Waals surface area contributed by atoms with E-state index in [2.05, 4.69) is 5.32 Å². The fourth-order valence-corrected chi connectivity index (χ4v) is 4.00. The molecule has 1 aliphatic carbocycles. The van der Waals surface area contributed by atoms with Crippen LogP contribution in [0.25, 0.3) is 10.8 Å². The third-order valence-corrected chi connectivity index (χ3v) is 6.22. The topological polar surface area (TPSA) is 97.3 Å². The van der Waals surface area contributed by atoms with Gasteiger partial charge in [-0.25, -0.2) is 4.39 Å². The van der Waals surface area contributed by atoms with E-state index in [1.54, 1.807) is 18.3 Å². The van der Waals surface area contributed by atoms with Gasteiger partial charge < -0.3 is 20.7 Å². The molecular weight excluding hydrogens is 397 g/mol. The van der Waals surface area contributed by atoms with E-state index in [1.807, 2.05) is 6.92 Å². The van der Waals surface area contributed by atoms with E-state index in [4.69, 9.17) is 17.3 Å². The fourth-order valence-electron chi connectivity index (χ4n) is 3.75. The number of nitrogens with zero attached hydrogens (tertiary/aromatic N) is 1. The first-order valence-electron chi connectivity index (χ1n) is 9.80. The molecule has 1 aliphatic rings. The van der Waals surface area contributed by atoms with Gasteiger partial charge in [0.1, 0.15) is 5.67 Å². The number of hydrogen-bond donors (Lipinski definition) is 3. The average Bonchev–Trinajstić information content (AvgIpc) is 2.68. The number of benzene rings is 1. The van der Waals surface area contributed by atoms with Gasteiger partial charge >= 0.3 is 0 Å². The third-order valence-electron chi connectivity index (χ3n) is 5.91. The maximum absolute atomic E-state index is 14.0. The van der Waals surface area contributed by atoms with Gasteiger partial charge in [-0.2, -0.15) is 0 Å². The number of alkyl halides is 1. The molecule has 6 nitrogen and oxygen atoms in total. The molecule has 0 aliphatic heterocycles. The van der Waals surface area contributed by atoms with Gasteiger partial charge in [0.2, 0.25) is 0 Å². The summed E-state index contributed by atoms with van der Waals surface area (Å²) >= 11 is 6.27. The molecule has 0 radical (unpaired) electrons. The van der Waals surface area contributed by atoms with Crippen molar-refractivity contribution in [3.63, 3.8) is 0 Å². The molecule has 0 spiro atoms. The van der Waals surface area contributed by atoms with E-state index < -0.39 is 17.2 Å². The van der Waals surface area contributed by atoms with Crippen LogP contribution in [0.5, 0.6) is 0 Å². The Hall–Kier alpha value is -1.96. The van der Waals surface area contributed by atoms with Crippen LogP contribution in [0, 0.1) is 0 Å². The van der Waals surface area contributed by atoms with E-state index in [0.29, 0.717) is 17.3 Å². The summed E-state index contributed by atoms with van der Waals surface area (Å²) in [6.07, 6.45) is 2.63. The molecule has 4 N–H and O–H groups in total. The summed E-state index contributed by atoms with van der Waals surface area (Å²) in [6, 6.07) is 4.60. The number of halogens is 2. The molecule has 0 bridgehead atoms. The lowest BCUT2D eigenvalue weighted by atomic mass is 9.78. The van der Waals surface area contributed by atoms with Crippen LogP contribution in [0.1, 0.15) is 55.9 Å². The second-order valence-corrected chi connectivity index (χ2v) is 8.72. The quantitative estimate of drug-likeness (QED) is 0.688. The summed E-state index contributed by atoms with van der Waals surface area (Å²) < 4.78 is 15.5. The number of aliphatic hydroxyl groups is 1. The van der Waals surface area contributed by atoms with Crippen molar-refractivity contribution in [2.45, 2.75) is 56.8 Å². The van der Waals surface area contributed by atoms with Crippen molar-refractivity contribution >= 4 is 28.3 Å². The summed E-state index contributed by atoms with van der Waals surface area (Å²) in [5, 5.41) is 14.4. The predicted molar refractivity (Wildman–Crippen MR) is 112 cm³/mol. The van der Waals surface area contributed by atoms with Gasteiger partial charge in [0.05, 0.1) is 16.2 Å². The number of nitrogens with two attached hydrogens (primary N) is 1. The molecule has 0 saturated heterocycles. The molecule has 1 fully saturated rings. The fraction of sp³-hybridized carbons (Fsp3) is 0.524. The summed E-state index contributed by atoms with van der Waals surface area (Å²) in [4.78, 5) is 25.7. The maximum Gasteiger partial charge on any atom is 0.258 e. The van der Waals surface area contributed by atoms with Gasteiger partial charge in [0.25, 0.3) is 11.5 Å². The molecular formula is C21H27ClFN3O3. The molecule has 1 saturated carbocycles. The van der Waals surface area contributed by atoms with Gasteiger partial charge in [0, 0.05) is 36.1 Å². The maximum atomic E-state index is 14.0. The number of amides is 1. The zero-order valence-electron chi connectivity index (χ0n) is 16.7. The third kappa shape index (κ3) is 4.47. The zero-order valence-corrected chi connectivity index (χ0v) is 17.4. The normalized spacial score (nSPS) is 25.7. The first-order valence-corrected chi connectivity index (χ1v) is 10.2. The van der Waals surface area contributed by atoms with Crippen LogP contribution in [0.15, 0.2) is 29.2 Å². The lowest BCUT2D eigenvalue weighted by Gasteiger charge is -2.37. The monoisotopic (exact) mass is 423 g/mol. The predicted octanol–water partition coefficient (Wildman–Crippen LogP) is 2.94. The molecule has 2 aromatic rings. The lowest BCUT2D eigenvalue weighted by molar-refractivity contribution is -0.0374. The first-order chi connectivity index (χ1) is 13.6. The van der Waals surface area contributed by atoms with E-state index in [-0.39, 0.29) is 54.4 Å². The number of aromatic nitrogens is 1. The summed E-state index contributed by atoms with van der Waals surface area (Å²) in [5.74, 6) is -0.480. The van der Waals surface area contributed by atoms with Crippen molar-refractivity contribution in [2.24, 2.45) is 5.73 Å². The van der Waals surface area contributed by atoms with Gasteiger partial charge in [-0.1, -0.05) is 11.6 Å². The summed E-state index contributed by atoms with van der Waals surface area (Å²) in [5.41, 5.74) is 3.17. The Morgan fingerprint density at radius 1 is 1.31 bits per heavy atom. The Balaban J connectivity index is 1.87. The minimum absolute atomic E-state index is 0.00406. The molecule has 8 heteroatoms. The highest BCUT2D eigenvalue weighted by Gasteiger charge is 2.39. The molecule has 158 valence electrons. The Kier molecular flexibility index (Phi) is 6.03. The van der Waals surface area contributed by atoms with Gasteiger partial charge in [-0.15, -0.1) is 0 Å². The number of hydrogen-bond acceptors (Lipinski definition) is 4. The van der Waals surface area contributed by atoms with Crippen LogP contribution in [0.3, 0.4) is 0 Å². The smallest absolute Gasteiger partial charge is 0.258 e. The molecule has 1 aromatic carbocycles. The Morgan fingerprint density at radius 2 is 1.97 bits per heavy atom. The molecule has 0 unspecified atom stereocenters. The van der Waals surface area contributed by atoms with E-state index in [9.17, 15) is 19.1 Å². The van der Waals surface area contributed by atoms with Crippen molar-refractivity contribution in [1.82, 2.24) is 9.88 Å². The number of carbonyl (C=O) groups is 1. The van der Waals surface area contributed by atoms with E-state index in [1.165, 1.54) is 17.6 Å². The van der Waals surface area contributed by atoms with Gasteiger partial charge in [0.15, 0.2) is 0 Å². The second-order valence-electron chi connectivity index (χ2n) is 8.32. The van der Waals surface area contributed by atoms with Crippen molar-refractivity contribution in [3.05, 3.63) is 45.3 Å². The zero-order chi connectivity index (χ0) is 21.4. The average molecular weight is 424 g/mol. The van der Waals surface area contributed by atoms with Gasteiger partial charge in [-0.05, 0) is 57.7 Å². The molecule has 1 aromatic heterocycles. The number of fused-ring (bicyclic) bond motifs is 1. The highest BCUT2D eigenvalue weighted by molar-refractivity contribution is 6.35. The van der Waals surface area contributed by atoms with Crippen molar-refractivity contribution in [3.8, 4) is 0 Å². The summed E-state index contributed by atoms with van der Waals surface area (Å²) in [7, 11) is 0. The first kappa shape index (κ1) is 21.7. The van der Waals surface area contributed by atoms with Crippen LogP contribution < -0.4 is 16.6 Å². The van der Waals surface area contributed by atoms with Crippen molar-refractivity contribution < 1.29 is 14.3 Å². The van der Waals surface area contributed by atoms with Crippen LogP contribution >= 0.6 is 11.6 Å². The second kappa shape index (κ2) is 8.05. The largest absolute Gasteiger partial charge is 0.388 e. The lowest BCUT2D eigenvalue weighted by Crippen LogP contribution is -2.47. The van der Waals surface area contributed by atoms with Crippen molar-refractivity contribution in [1.29, 1.82) is 0 Å². The highest BCUT2D eigenvalue weighted by Crippen LogP contribution is 2.37. The van der Waals surface area contributed by atoms with E-state index in [0.717, 1.165) is 0 Å². The van der Waals surface area contributed by atoms with Crippen LogP contribution in [-0.4, -0.2) is 39.9 Å². The van der Waals surface area contributed by atoms with Crippen LogP contribution in [0.4, 0.5) is 4.39 Å². The van der Waals surface area contributed by atoms with Crippen molar-refractivity contribution in [2.75, 3.05) is 13.1 Å². The minimum Gasteiger partial charge on any atom is -0.388 e. The van der Waals surface area contributed by atoms with E-state index >= 15 is 0 Å². The Bertz CT molecular complexity index is 979. The molecule has 1 atom stereocenters. The van der Waals surface area contributed by atoms with Crippen LogP contribution in [-0.2, 0) is 0 Å². The van der Waals surface area contributed by atoms with Crippen LogP contribution in [0.2, 0.25) is 5.02 Å². The molecule has 1 amide bonds. The number of nitrogens with one attached hydrogen (secondary N) is 1. The van der Waals surface area contributed by atoms with Gasteiger partial charge in [-0.3, -0.25) is 9.59 Å². The number of rotatable bonds is 5. The highest BCUT2D eigenvalue weighted by atomic mass is 35.5. The molecule has 3 rings (SSSR count). The SMILES string of the molecule is C[C@H](CN)n1ccc2c(C(=O)NCC3(O)CCC(C)(F)CC3)c(Cl)ccc2c1=O. The molecule has 29 heavy (non-hydrogen) atoms.